The highest BCUT2D eigenvalue weighted by atomic mass is 14.7. The zero-order valence-electron chi connectivity index (χ0n) is 11.2. The predicted molar refractivity (Wildman–Crippen MR) is 84.4 cm³/mol. The van der Waals surface area contributed by atoms with Gasteiger partial charge in [-0.1, -0.05) is 48.5 Å². The number of hydrogen-bond donors (Lipinski definition) is 0. The Kier molecular flexibility index (Phi) is 3.83. The average molecular weight is 260 g/mol. The van der Waals surface area contributed by atoms with E-state index in [1.807, 2.05) is 36.7 Å². The first-order valence-corrected chi connectivity index (χ1v) is 6.81. The molecule has 0 unspecified atom stereocenters. The minimum absolute atomic E-state index is 0.955. The van der Waals surface area contributed by atoms with Gasteiger partial charge in [-0.05, 0) is 29.7 Å². The van der Waals surface area contributed by atoms with Gasteiger partial charge in [-0.3, -0.25) is 9.98 Å². The molecule has 2 aromatic carbocycles. The van der Waals surface area contributed by atoms with Crippen LogP contribution in [0.25, 0.3) is 10.9 Å². The van der Waals surface area contributed by atoms with E-state index in [-0.39, 0.29) is 0 Å². The van der Waals surface area contributed by atoms with Gasteiger partial charge in [0.1, 0.15) is 0 Å². The third-order valence-corrected chi connectivity index (χ3v) is 3.31. The van der Waals surface area contributed by atoms with Gasteiger partial charge in [0.2, 0.25) is 0 Å². The quantitative estimate of drug-likeness (QED) is 0.602. The van der Waals surface area contributed by atoms with Gasteiger partial charge < -0.3 is 0 Å². The Morgan fingerprint density at radius 1 is 0.800 bits per heavy atom. The maximum atomic E-state index is 4.19. The summed E-state index contributed by atoms with van der Waals surface area (Å²) in [7, 11) is 0. The van der Waals surface area contributed by atoms with E-state index in [1.54, 1.807) is 0 Å². The number of pyridine rings is 1. The van der Waals surface area contributed by atoms with E-state index in [1.165, 1.54) is 16.5 Å². The Labute approximate surface area is 118 Å². The SMILES string of the molecule is C1=NCCc2ccccc21.c1ccc2ncccc2c1. The zero-order chi connectivity index (χ0) is 13.6. The highest BCUT2D eigenvalue weighted by Gasteiger charge is 2.01. The fourth-order valence-electron chi connectivity index (χ4n) is 2.25. The standard InChI is InChI=1S/C9H7N.C9H9N/c1-2-6-9-8(4-1)5-3-7-10-9;1-2-4-9-7-10-6-5-8(9)3-1/h1-7H;1-4,7H,5-6H2. The molecule has 2 heteroatoms. The summed E-state index contributed by atoms with van der Waals surface area (Å²) in [4.78, 5) is 8.37. The van der Waals surface area contributed by atoms with Crippen LogP contribution in [0.2, 0.25) is 0 Å². The van der Waals surface area contributed by atoms with Crippen molar-refractivity contribution in [2.24, 2.45) is 4.99 Å². The van der Waals surface area contributed by atoms with E-state index in [0.717, 1.165) is 18.5 Å². The first kappa shape index (κ1) is 12.5. The molecule has 1 aromatic heterocycles. The molecule has 1 aliphatic rings. The number of benzene rings is 2. The van der Waals surface area contributed by atoms with Gasteiger partial charge in [-0.25, -0.2) is 0 Å². The van der Waals surface area contributed by atoms with Crippen LogP contribution in [0, 0.1) is 0 Å². The van der Waals surface area contributed by atoms with Crippen LogP contribution in [0.15, 0.2) is 71.9 Å². The maximum absolute atomic E-state index is 4.19. The van der Waals surface area contributed by atoms with E-state index in [0.29, 0.717) is 0 Å². The third-order valence-electron chi connectivity index (χ3n) is 3.31. The minimum Gasteiger partial charge on any atom is -0.292 e. The van der Waals surface area contributed by atoms with Crippen LogP contribution in [-0.4, -0.2) is 17.7 Å². The summed E-state index contributed by atoms with van der Waals surface area (Å²) in [6.07, 6.45) is 4.87. The number of hydrogen-bond acceptors (Lipinski definition) is 2. The van der Waals surface area contributed by atoms with Crippen LogP contribution in [0.1, 0.15) is 11.1 Å². The van der Waals surface area contributed by atoms with Gasteiger partial charge in [-0.15, -0.1) is 0 Å². The monoisotopic (exact) mass is 260 g/mol. The van der Waals surface area contributed by atoms with Gasteiger partial charge in [-0.2, -0.15) is 0 Å². The molecule has 0 aliphatic carbocycles. The second-order valence-corrected chi connectivity index (χ2v) is 4.68. The molecule has 0 saturated carbocycles. The van der Waals surface area contributed by atoms with Crippen molar-refractivity contribution in [1.29, 1.82) is 0 Å². The summed E-state index contributed by atoms with van der Waals surface area (Å²) < 4.78 is 0. The topological polar surface area (TPSA) is 25.2 Å². The van der Waals surface area contributed by atoms with Crippen molar-refractivity contribution in [2.45, 2.75) is 6.42 Å². The van der Waals surface area contributed by atoms with Gasteiger partial charge in [0, 0.05) is 24.3 Å². The first-order chi connectivity index (χ1) is 9.93. The number of aromatic nitrogens is 1. The second kappa shape index (κ2) is 6.11. The van der Waals surface area contributed by atoms with Crippen molar-refractivity contribution in [3.63, 3.8) is 0 Å². The Bertz CT molecular complexity index is 667. The lowest BCUT2D eigenvalue weighted by atomic mass is 10.0. The summed E-state index contributed by atoms with van der Waals surface area (Å²) in [6.45, 7) is 0.955. The van der Waals surface area contributed by atoms with Crippen LogP contribution in [0.3, 0.4) is 0 Å². The summed E-state index contributed by atoms with van der Waals surface area (Å²) in [5.74, 6) is 0. The fourth-order valence-corrected chi connectivity index (χ4v) is 2.25. The fraction of sp³-hybridized carbons (Fsp3) is 0.111. The number of rotatable bonds is 0. The van der Waals surface area contributed by atoms with E-state index < -0.39 is 0 Å². The molecule has 0 radical (unpaired) electrons. The Morgan fingerprint density at radius 3 is 2.50 bits per heavy atom. The summed E-state index contributed by atoms with van der Waals surface area (Å²) in [5.41, 5.74) is 3.77. The van der Waals surface area contributed by atoms with Crippen molar-refractivity contribution in [2.75, 3.05) is 6.54 Å². The van der Waals surface area contributed by atoms with Crippen molar-refractivity contribution in [3.8, 4) is 0 Å². The maximum Gasteiger partial charge on any atom is 0.0701 e. The van der Waals surface area contributed by atoms with Crippen molar-refractivity contribution >= 4 is 17.1 Å². The smallest absolute Gasteiger partial charge is 0.0701 e. The lowest BCUT2D eigenvalue weighted by Gasteiger charge is -2.07. The normalized spacial score (nSPS) is 12.4. The highest BCUT2D eigenvalue weighted by Crippen LogP contribution is 2.10. The largest absolute Gasteiger partial charge is 0.292 e. The molecule has 3 aromatic rings. The van der Waals surface area contributed by atoms with Gasteiger partial charge in [0.15, 0.2) is 0 Å². The molecule has 98 valence electrons. The second-order valence-electron chi connectivity index (χ2n) is 4.68. The van der Waals surface area contributed by atoms with Gasteiger partial charge in [0.05, 0.1) is 5.52 Å². The highest BCUT2D eigenvalue weighted by molar-refractivity contribution is 5.82. The summed E-state index contributed by atoms with van der Waals surface area (Å²) in [6, 6.07) is 20.5. The molecule has 20 heavy (non-hydrogen) atoms. The van der Waals surface area contributed by atoms with Crippen molar-refractivity contribution < 1.29 is 0 Å². The predicted octanol–water partition coefficient (Wildman–Crippen LogP) is 3.90. The first-order valence-electron chi connectivity index (χ1n) is 6.81. The molecular weight excluding hydrogens is 244 g/mol. The van der Waals surface area contributed by atoms with Crippen molar-refractivity contribution in [3.05, 3.63) is 78.0 Å². The molecule has 0 saturated heterocycles. The zero-order valence-corrected chi connectivity index (χ0v) is 11.2. The average Bonchev–Trinajstić information content (AvgIpc) is 2.56. The summed E-state index contributed by atoms with van der Waals surface area (Å²) >= 11 is 0. The Balaban J connectivity index is 0.000000121. The Morgan fingerprint density at radius 2 is 1.60 bits per heavy atom. The molecule has 0 fully saturated rings. The lowest BCUT2D eigenvalue weighted by molar-refractivity contribution is 0.952. The molecular formula is C18H16N2. The van der Waals surface area contributed by atoms with Crippen LogP contribution < -0.4 is 0 Å². The minimum atomic E-state index is 0.955. The van der Waals surface area contributed by atoms with Crippen LogP contribution in [0.5, 0.6) is 0 Å². The van der Waals surface area contributed by atoms with E-state index in [4.69, 9.17) is 0 Å². The van der Waals surface area contributed by atoms with E-state index >= 15 is 0 Å². The third kappa shape index (κ3) is 2.91. The van der Waals surface area contributed by atoms with Crippen molar-refractivity contribution in [1.82, 2.24) is 4.98 Å². The summed E-state index contributed by atoms with van der Waals surface area (Å²) in [5, 5.41) is 1.20. The van der Waals surface area contributed by atoms with Crippen LogP contribution >= 0.6 is 0 Å². The molecule has 0 spiro atoms. The molecule has 0 amide bonds. The molecule has 4 rings (SSSR count). The number of para-hydroxylation sites is 1. The lowest BCUT2D eigenvalue weighted by Crippen LogP contribution is -2.01. The van der Waals surface area contributed by atoms with Crippen LogP contribution in [-0.2, 0) is 6.42 Å². The molecule has 2 heterocycles. The van der Waals surface area contributed by atoms with Gasteiger partial charge in [0.25, 0.3) is 0 Å². The van der Waals surface area contributed by atoms with E-state index in [2.05, 4.69) is 46.4 Å². The van der Waals surface area contributed by atoms with Gasteiger partial charge >= 0.3 is 0 Å². The number of aliphatic imine (C=N–C) groups is 1. The van der Waals surface area contributed by atoms with E-state index in [9.17, 15) is 0 Å². The molecule has 0 atom stereocenters. The molecule has 0 bridgehead atoms. The Hall–Kier alpha value is -2.48. The molecule has 0 N–H and O–H groups in total. The van der Waals surface area contributed by atoms with Crippen LogP contribution in [0.4, 0.5) is 0 Å². The number of nitrogens with zero attached hydrogens (tertiary/aromatic N) is 2. The number of fused-ring (bicyclic) bond motifs is 2. The molecule has 2 nitrogen and oxygen atoms in total. The molecule has 1 aliphatic heterocycles.